The Morgan fingerprint density at radius 2 is 2.03 bits per heavy atom. The highest BCUT2D eigenvalue weighted by Gasteiger charge is 2.45. The molecule has 0 unspecified atom stereocenters. The van der Waals surface area contributed by atoms with E-state index in [1.165, 1.54) is 24.3 Å². The van der Waals surface area contributed by atoms with Crippen LogP contribution in [0.25, 0.3) is 10.1 Å². The van der Waals surface area contributed by atoms with Crippen molar-refractivity contribution in [2.75, 3.05) is 13.2 Å². The first-order chi connectivity index (χ1) is 17.1. The number of thiophene rings is 1. The van der Waals surface area contributed by atoms with Crippen LogP contribution in [0.4, 0.5) is 8.78 Å². The summed E-state index contributed by atoms with van der Waals surface area (Å²) in [6.45, 7) is 0.145. The van der Waals surface area contributed by atoms with Crippen molar-refractivity contribution in [3.05, 3.63) is 69.3 Å². The van der Waals surface area contributed by atoms with Crippen molar-refractivity contribution in [3.63, 3.8) is 0 Å². The smallest absolute Gasteiger partial charge is 0.349 e. The molecule has 1 amide bonds. The van der Waals surface area contributed by atoms with Crippen molar-refractivity contribution in [1.82, 2.24) is 10.3 Å². The van der Waals surface area contributed by atoms with Crippen LogP contribution in [0.5, 0.6) is 5.75 Å². The Kier molecular flexibility index (Phi) is 9.75. The van der Waals surface area contributed by atoms with Crippen molar-refractivity contribution in [2.24, 2.45) is 0 Å². The Labute approximate surface area is 219 Å². The molecule has 0 aliphatic heterocycles. The van der Waals surface area contributed by atoms with E-state index in [1.54, 1.807) is 12.4 Å². The maximum atomic E-state index is 14.5. The molecular formula is C23H22BrF2N4O4PS. The summed E-state index contributed by atoms with van der Waals surface area (Å²) >= 11 is 3.80. The Hall–Kier alpha value is -2.63. The van der Waals surface area contributed by atoms with Crippen LogP contribution in [0.1, 0.15) is 27.2 Å². The summed E-state index contributed by atoms with van der Waals surface area (Å²) in [6.07, 6.45) is 8.41. The molecule has 0 fully saturated rings. The van der Waals surface area contributed by atoms with E-state index in [0.29, 0.717) is 28.9 Å². The zero-order valence-corrected chi connectivity index (χ0v) is 22.0. The van der Waals surface area contributed by atoms with Gasteiger partial charge in [-0.2, -0.15) is 8.78 Å². The molecule has 3 aromatic rings. The number of alkyl halides is 2. The average Bonchev–Trinajstić information content (AvgIpc) is 3.21. The second-order valence-corrected chi connectivity index (χ2v) is 10.4. The molecule has 2 heterocycles. The number of nitrogens with one attached hydrogen (secondary N) is 3. The number of halogens is 3. The number of pyridine rings is 1. The van der Waals surface area contributed by atoms with E-state index in [1.807, 2.05) is 12.1 Å². The van der Waals surface area contributed by atoms with E-state index in [4.69, 9.17) is 15.6 Å². The number of nitrogens with zero attached hydrogens (tertiary/aromatic N) is 1. The lowest BCUT2D eigenvalue weighted by atomic mass is 10.1. The van der Waals surface area contributed by atoms with Crippen LogP contribution in [-0.2, 0) is 12.1 Å². The zero-order chi connectivity index (χ0) is 26.3. The van der Waals surface area contributed by atoms with E-state index >= 15 is 0 Å². The van der Waals surface area contributed by atoms with Gasteiger partial charge < -0.3 is 30.7 Å². The molecule has 2 aromatic heterocycles. The Morgan fingerprint density at radius 3 is 2.69 bits per heavy atom. The van der Waals surface area contributed by atoms with Crippen LogP contribution >= 0.6 is 35.6 Å². The normalized spacial score (nSPS) is 11.8. The molecule has 8 nitrogen and oxygen atoms in total. The van der Waals surface area contributed by atoms with Gasteiger partial charge in [-0.15, -0.1) is 11.3 Å². The molecule has 36 heavy (non-hydrogen) atoms. The highest BCUT2D eigenvalue weighted by Crippen LogP contribution is 2.58. The molecule has 0 atom stereocenters. The van der Waals surface area contributed by atoms with Crippen LogP contribution in [0.2, 0.25) is 0 Å². The number of ether oxygens (including phenoxy) is 1. The number of hydrogen-bond acceptors (Lipinski definition) is 8. The van der Waals surface area contributed by atoms with E-state index in [0.717, 1.165) is 11.8 Å². The van der Waals surface area contributed by atoms with Crippen molar-refractivity contribution < 1.29 is 28.1 Å². The molecule has 0 saturated carbocycles. The van der Waals surface area contributed by atoms with Gasteiger partial charge in [-0.05, 0) is 70.8 Å². The summed E-state index contributed by atoms with van der Waals surface area (Å²) in [4.78, 5) is 34.7. The van der Waals surface area contributed by atoms with Crippen LogP contribution in [-0.4, -0.2) is 45.8 Å². The number of amides is 1. The first kappa shape index (κ1) is 27.9. The lowest BCUT2D eigenvalue weighted by Crippen LogP contribution is -2.28. The second kappa shape index (κ2) is 12.6. The van der Waals surface area contributed by atoms with Gasteiger partial charge in [0.15, 0.2) is 0 Å². The molecule has 0 radical (unpaired) electrons. The lowest BCUT2D eigenvalue weighted by Gasteiger charge is -2.15. The van der Waals surface area contributed by atoms with Crippen LogP contribution in [0.3, 0.4) is 0 Å². The summed E-state index contributed by atoms with van der Waals surface area (Å²) in [7, 11) is -3.58. The third-order valence-corrected chi connectivity index (χ3v) is 8.18. The molecule has 190 valence electrons. The number of benzene rings is 1. The largest absolute Gasteiger partial charge is 0.492 e. The second-order valence-electron chi connectivity index (χ2n) is 7.47. The predicted octanol–water partition coefficient (Wildman–Crippen LogP) is 5.37. The molecule has 0 bridgehead atoms. The van der Waals surface area contributed by atoms with Gasteiger partial charge >= 0.3 is 5.66 Å². The number of aryl methyl sites for hydroxylation is 1. The number of fused-ring (bicyclic) bond motifs is 1. The Bertz CT molecular complexity index is 1290. The monoisotopic (exact) mass is 598 g/mol. The minimum absolute atomic E-state index is 0.0546. The molecule has 1 aromatic carbocycles. The molecule has 5 N–H and O–H groups in total. The molecule has 0 saturated heterocycles. The highest BCUT2D eigenvalue weighted by molar-refractivity contribution is 9.10. The molecular weight excluding hydrogens is 577 g/mol. The van der Waals surface area contributed by atoms with E-state index in [2.05, 4.69) is 26.2 Å². The fourth-order valence-electron chi connectivity index (χ4n) is 3.17. The van der Waals surface area contributed by atoms with Crippen molar-refractivity contribution in [2.45, 2.75) is 18.5 Å². The molecule has 0 aliphatic rings. The fraction of sp³-hybridized carbons (Fsp3) is 0.217. The van der Waals surface area contributed by atoms with Gasteiger partial charge in [0.1, 0.15) is 5.75 Å². The van der Waals surface area contributed by atoms with E-state index in [-0.39, 0.29) is 40.0 Å². The van der Waals surface area contributed by atoms with E-state index in [9.17, 15) is 23.4 Å². The van der Waals surface area contributed by atoms with Gasteiger partial charge in [0.25, 0.3) is 5.91 Å². The van der Waals surface area contributed by atoms with E-state index < -0.39 is 24.8 Å². The first-order valence-corrected chi connectivity index (χ1v) is 13.4. The Balaban J connectivity index is 1.90. The minimum atomic E-state index is -3.88. The number of carbonyl (C=O) groups excluding carboxylic acids is 1. The summed E-state index contributed by atoms with van der Waals surface area (Å²) in [5.74, 6) is -0.344. The maximum Gasteiger partial charge on any atom is 0.349 e. The summed E-state index contributed by atoms with van der Waals surface area (Å²) in [5, 5.41) is 17.6. The maximum absolute atomic E-state index is 14.5. The van der Waals surface area contributed by atoms with Gasteiger partial charge in [-0.25, -0.2) is 0 Å². The van der Waals surface area contributed by atoms with Crippen molar-refractivity contribution in [3.8, 4) is 5.75 Å². The zero-order valence-electron chi connectivity index (χ0n) is 18.7. The van der Waals surface area contributed by atoms with Gasteiger partial charge in [-0.3, -0.25) is 9.78 Å². The quantitative estimate of drug-likeness (QED) is 0.108. The van der Waals surface area contributed by atoms with Crippen LogP contribution in [0, 0.1) is 10.8 Å². The lowest BCUT2D eigenvalue weighted by molar-refractivity contribution is 0.0766. The SMILES string of the molecule is N=C/C=C\C(=N)CNC(=O)c1cc(OCCCc2ccncc2)c2sc(C(F)(F)P(O)O)c(Br)c2c1. The number of aromatic nitrogens is 1. The first-order valence-electron chi connectivity index (χ1n) is 10.5. The number of carbonyl (C=O) groups is 1. The standard InChI is InChI=1S/C23H22BrF2N4O4PS/c24-19-17-11-15(22(31)30-13-16(28)4-1-7-27)12-18(20(17)36-21(19)23(25,26)35(32)33)34-10-2-3-14-5-8-29-9-6-14/h1,4-9,11-12,27-28,32-33H,2-3,10,13H2,(H,30,31)/b4-1-,27-7?,28-16?. The van der Waals surface area contributed by atoms with Crippen molar-refractivity contribution >= 4 is 63.6 Å². The molecule has 3 rings (SSSR count). The molecule has 13 heteroatoms. The number of allylic oxidation sites excluding steroid dienone is 1. The van der Waals surface area contributed by atoms with Crippen molar-refractivity contribution in [1.29, 1.82) is 10.8 Å². The Morgan fingerprint density at radius 1 is 1.31 bits per heavy atom. The predicted molar refractivity (Wildman–Crippen MR) is 141 cm³/mol. The van der Waals surface area contributed by atoms with Crippen LogP contribution in [0.15, 0.2) is 53.3 Å². The van der Waals surface area contributed by atoms with Gasteiger partial charge in [0.05, 0.1) is 28.4 Å². The van der Waals surface area contributed by atoms with Gasteiger partial charge in [0, 0.05) is 34.0 Å². The molecule has 0 spiro atoms. The fourth-order valence-corrected chi connectivity index (χ4v) is 5.95. The van der Waals surface area contributed by atoms with Gasteiger partial charge in [-0.1, -0.05) is 0 Å². The van der Waals surface area contributed by atoms with Crippen LogP contribution < -0.4 is 10.1 Å². The summed E-state index contributed by atoms with van der Waals surface area (Å²) in [5.41, 5.74) is -2.63. The number of rotatable bonds is 12. The minimum Gasteiger partial charge on any atom is -0.492 e. The molecule has 0 aliphatic carbocycles. The third-order valence-electron chi connectivity index (χ3n) is 4.93. The average molecular weight is 599 g/mol. The highest BCUT2D eigenvalue weighted by atomic mass is 79.9. The summed E-state index contributed by atoms with van der Waals surface area (Å²) in [6, 6.07) is 6.60. The number of hydrogen-bond donors (Lipinski definition) is 5. The third kappa shape index (κ3) is 6.77. The topological polar surface area (TPSA) is 139 Å². The van der Waals surface area contributed by atoms with Gasteiger partial charge in [0.2, 0.25) is 8.38 Å². The summed E-state index contributed by atoms with van der Waals surface area (Å²) < 4.78 is 35.2.